The smallest absolute Gasteiger partial charge is 0.176 e. The molecule has 0 bridgehead atoms. The minimum absolute atomic E-state index is 0.265. The third-order valence-corrected chi connectivity index (χ3v) is 5.00. The molecule has 2 heteroatoms. The Morgan fingerprint density at radius 2 is 1.95 bits per heavy atom. The molecule has 1 saturated heterocycles. The molecule has 0 saturated carbocycles. The second-order valence-corrected chi connectivity index (χ2v) is 6.93. The largest absolute Gasteiger partial charge is 0.296 e. The van der Waals surface area contributed by atoms with Crippen LogP contribution in [0.2, 0.25) is 0 Å². The van der Waals surface area contributed by atoms with Gasteiger partial charge < -0.3 is 0 Å². The number of Topliss-reactive ketones (excluding diaryl/α,β-unsaturated/α-hetero) is 1. The second kappa shape index (κ2) is 7.22. The molecule has 1 aliphatic heterocycles. The summed E-state index contributed by atoms with van der Waals surface area (Å²) in [6, 6.07) is 6.06. The Hall–Kier alpha value is -1.15. The lowest BCUT2D eigenvalue weighted by atomic mass is 9.89. The molecular weight excluding hydrogens is 258 g/mol. The van der Waals surface area contributed by atoms with Crippen molar-refractivity contribution in [2.45, 2.75) is 47.0 Å². The van der Waals surface area contributed by atoms with Gasteiger partial charge in [0.25, 0.3) is 0 Å². The first kappa shape index (κ1) is 16.2. The van der Waals surface area contributed by atoms with Crippen molar-refractivity contribution >= 4 is 5.78 Å². The summed E-state index contributed by atoms with van der Waals surface area (Å²) in [6.45, 7) is 11.5. The van der Waals surface area contributed by atoms with E-state index in [4.69, 9.17) is 0 Å². The Morgan fingerprint density at radius 1 is 1.19 bits per heavy atom. The number of carbonyl (C=O) groups is 1. The molecule has 2 nitrogen and oxygen atoms in total. The van der Waals surface area contributed by atoms with Crippen LogP contribution >= 0.6 is 0 Å². The van der Waals surface area contributed by atoms with Gasteiger partial charge in [-0.2, -0.15) is 0 Å². The van der Waals surface area contributed by atoms with E-state index in [2.05, 4.69) is 38.7 Å². The van der Waals surface area contributed by atoms with Crippen LogP contribution in [0.25, 0.3) is 0 Å². The van der Waals surface area contributed by atoms with Gasteiger partial charge in [0.1, 0.15) is 0 Å². The molecule has 2 rings (SSSR count). The average molecular weight is 287 g/mol. The average Bonchev–Trinajstić information content (AvgIpc) is 2.67. The van der Waals surface area contributed by atoms with Crippen LogP contribution in [0.15, 0.2) is 18.2 Å². The summed E-state index contributed by atoms with van der Waals surface area (Å²) < 4.78 is 0. The minimum Gasteiger partial charge on any atom is -0.296 e. The molecule has 1 unspecified atom stereocenters. The van der Waals surface area contributed by atoms with E-state index in [9.17, 15) is 4.79 Å². The normalized spacial score (nSPS) is 20.5. The van der Waals surface area contributed by atoms with Crippen molar-refractivity contribution in [3.05, 3.63) is 34.9 Å². The maximum Gasteiger partial charge on any atom is 0.176 e. The van der Waals surface area contributed by atoms with E-state index in [1.165, 1.54) is 30.4 Å². The van der Waals surface area contributed by atoms with Gasteiger partial charge in [-0.05, 0) is 75.2 Å². The van der Waals surface area contributed by atoms with Crippen molar-refractivity contribution in [3.8, 4) is 0 Å². The van der Waals surface area contributed by atoms with Crippen LogP contribution < -0.4 is 0 Å². The number of aryl methyl sites for hydroxylation is 2. The minimum atomic E-state index is 0.265. The standard InChI is InChI=1S/C19H29NO/c1-14(2)17-6-5-10-20(11-9-17)13-19(21)18-8-7-15(3)16(4)12-18/h7-8,12,14,17H,5-6,9-11,13H2,1-4H3. The Labute approximate surface area is 129 Å². The molecule has 1 fully saturated rings. The number of nitrogens with zero attached hydrogens (tertiary/aromatic N) is 1. The van der Waals surface area contributed by atoms with Gasteiger partial charge in [0.15, 0.2) is 5.78 Å². The van der Waals surface area contributed by atoms with E-state index in [0.717, 1.165) is 30.5 Å². The van der Waals surface area contributed by atoms with Crippen molar-refractivity contribution in [1.82, 2.24) is 4.90 Å². The van der Waals surface area contributed by atoms with E-state index in [0.29, 0.717) is 6.54 Å². The van der Waals surface area contributed by atoms with Gasteiger partial charge in [0, 0.05) is 5.56 Å². The summed E-state index contributed by atoms with van der Waals surface area (Å²) in [7, 11) is 0. The van der Waals surface area contributed by atoms with Crippen molar-refractivity contribution in [1.29, 1.82) is 0 Å². The molecule has 116 valence electrons. The number of likely N-dealkylation sites (tertiary alicyclic amines) is 1. The van der Waals surface area contributed by atoms with Gasteiger partial charge in [-0.3, -0.25) is 9.69 Å². The molecule has 21 heavy (non-hydrogen) atoms. The molecule has 1 heterocycles. The van der Waals surface area contributed by atoms with Crippen molar-refractivity contribution in [3.63, 3.8) is 0 Å². The van der Waals surface area contributed by atoms with Crippen LogP contribution in [0.5, 0.6) is 0 Å². The van der Waals surface area contributed by atoms with Crippen LogP contribution in [0.1, 0.15) is 54.6 Å². The van der Waals surface area contributed by atoms with Crippen LogP contribution in [0, 0.1) is 25.7 Å². The fraction of sp³-hybridized carbons (Fsp3) is 0.632. The number of hydrogen-bond donors (Lipinski definition) is 0. The molecule has 1 aromatic carbocycles. The van der Waals surface area contributed by atoms with Crippen molar-refractivity contribution in [2.24, 2.45) is 11.8 Å². The highest BCUT2D eigenvalue weighted by atomic mass is 16.1. The van der Waals surface area contributed by atoms with Crippen LogP contribution in [0.4, 0.5) is 0 Å². The predicted octanol–water partition coefficient (Wildman–Crippen LogP) is 4.24. The van der Waals surface area contributed by atoms with E-state index in [-0.39, 0.29) is 5.78 Å². The zero-order chi connectivity index (χ0) is 15.4. The highest BCUT2D eigenvalue weighted by molar-refractivity contribution is 5.97. The zero-order valence-corrected chi connectivity index (χ0v) is 14.0. The zero-order valence-electron chi connectivity index (χ0n) is 14.0. The number of carbonyl (C=O) groups excluding carboxylic acids is 1. The van der Waals surface area contributed by atoms with E-state index < -0.39 is 0 Å². The fourth-order valence-corrected chi connectivity index (χ4v) is 3.22. The Morgan fingerprint density at radius 3 is 2.62 bits per heavy atom. The molecule has 1 atom stereocenters. The summed E-state index contributed by atoms with van der Waals surface area (Å²) in [5.41, 5.74) is 3.32. The van der Waals surface area contributed by atoms with Crippen LogP contribution in [-0.4, -0.2) is 30.3 Å². The summed E-state index contributed by atoms with van der Waals surface area (Å²) in [4.78, 5) is 14.8. The van der Waals surface area contributed by atoms with Gasteiger partial charge in [0.2, 0.25) is 0 Å². The molecule has 0 aromatic heterocycles. The summed E-state index contributed by atoms with van der Waals surface area (Å²) >= 11 is 0. The molecule has 0 aliphatic carbocycles. The molecule has 1 aromatic rings. The number of benzene rings is 1. The molecule has 0 N–H and O–H groups in total. The maximum atomic E-state index is 12.5. The van der Waals surface area contributed by atoms with Gasteiger partial charge >= 0.3 is 0 Å². The lowest BCUT2D eigenvalue weighted by Crippen LogP contribution is -2.31. The lowest BCUT2D eigenvalue weighted by Gasteiger charge is -2.20. The van der Waals surface area contributed by atoms with Crippen molar-refractivity contribution < 1.29 is 4.79 Å². The second-order valence-electron chi connectivity index (χ2n) is 6.93. The fourth-order valence-electron chi connectivity index (χ4n) is 3.22. The summed E-state index contributed by atoms with van der Waals surface area (Å²) in [6.07, 6.45) is 3.77. The summed E-state index contributed by atoms with van der Waals surface area (Å²) in [5, 5.41) is 0. The molecule has 0 amide bonds. The van der Waals surface area contributed by atoms with E-state index >= 15 is 0 Å². The van der Waals surface area contributed by atoms with Gasteiger partial charge in [0.05, 0.1) is 6.54 Å². The first-order valence-electron chi connectivity index (χ1n) is 8.30. The summed E-state index contributed by atoms with van der Waals surface area (Å²) in [5.74, 6) is 1.85. The lowest BCUT2D eigenvalue weighted by molar-refractivity contribution is 0.0931. The number of ketones is 1. The SMILES string of the molecule is Cc1ccc(C(=O)CN2CCCC(C(C)C)CC2)cc1C. The number of hydrogen-bond acceptors (Lipinski definition) is 2. The highest BCUT2D eigenvalue weighted by Gasteiger charge is 2.21. The van der Waals surface area contributed by atoms with Gasteiger partial charge in [-0.15, -0.1) is 0 Å². The van der Waals surface area contributed by atoms with Gasteiger partial charge in [-0.25, -0.2) is 0 Å². The monoisotopic (exact) mass is 287 g/mol. The maximum absolute atomic E-state index is 12.5. The molecule has 1 aliphatic rings. The third kappa shape index (κ3) is 4.41. The van der Waals surface area contributed by atoms with E-state index in [1.807, 2.05) is 12.1 Å². The Bertz CT molecular complexity index is 492. The first-order chi connectivity index (χ1) is 9.97. The van der Waals surface area contributed by atoms with E-state index in [1.54, 1.807) is 0 Å². The number of rotatable bonds is 4. The third-order valence-electron chi connectivity index (χ3n) is 5.00. The topological polar surface area (TPSA) is 20.3 Å². The predicted molar refractivity (Wildman–Crippen MR) is 88.9 cm³/mol. The Kier molecular flexibility index (Phi) is 5.58. The van der Waals surface area contributed by atoms with Crippen LogP contribution in [0.3, 0.4) is 0 Å². The molecule has 0 spiro atoms. The van der Waals surface area contributed by atoms with Crippen molar-refractivity contribution in [2.75, 3.05) is 19.6 Å². The molecular formula is C19H29NO. The van der Waals surface area contributed by atoms with Gasteiger partial charge in [-0.1, -0.05) is 26.0 Å². The molecule has 0 radical (unpaired) electrons. The quantitative estimate of drug-likeness (QED) is 0.772. The highest BCUT2D eigenvalue weighted by Crippen LogP contribution is 2.24. The first-order valence-corrected chi connectivity index (χ1v) is 8.30. The Balaban J connectivity index is 1.94. The van der Waals surface area contributed by atoms with Crippen LogP contribution in [-0.2, 0) is 0 Å².